The van der Waals surface area contributed by atoms with Crippen molar-refractivity contribution in [3.8, 4) is 0 Å². The maximum atomic E-state index is 11.7. The Morgan fingerprint density at radius 1 is 1.14 bits per heavy atom. The monoisotopic (exact) mass is 292 g/mol. The number of carboxylic acid groups (broad SMARTS) is 1. The molecular formula is C15H20N2O4. The minimum absolute atomic E-state index is 0.0427. The number of hydrogen-bond donors (Lipinski definition) is 3. The van der Waals surface area contributed by atoms with Crippen molar-refractivity contribution in [2.45, 2.75) is 44.4 Å². The van der Waals surface area contributed by atoms with Crippen molar-refractivity contribution in [2.24, 2.45) is 0 Å². The van der Waals surface area contributed by atoms with E-state index >= 15 is 0 Å². The molecule has 2 rings (SSSR count). The molecule has 1 aliphatic rings. The van der Waals surface area contributed by atoms with Crippen LogP contribution in [0.3, 0.4) is 0 Å². The Morgan fingerprint density at radius 2 is 1.81 bits per heavy atom. The zero-order valence-corrected chi connectivity index (χ0v) is 11.7. The highest BCUT2D eigenvalue weighted by Crippen LogP contribution is 2.18. The molecule has 1 aromatic rings. The maximum Gasteiger partial charge on any atom is 0.407 e. The molecule has 0 radical (unpaired) electrons. The molecule has 0 aromatic heterocycles. The van der Waals surface area contributed by atoms with Gasteiger partial charge in [-0.15, -0.1) is 0 Å². The number of ether oxygens (including phenoxy) is 1. The van der Waals surface area contributed by atoms with E-state index in [0.29, 0.717) is 6.42 Å². The summed E-state index contributed by atoms with van der Waals surface area (Å²) in [5.74, 6) is 0. The average molecular weight is 292 g/mol. The molecule has 114 valence electrons. The molecule has 0 bridgehead atoms. The van der Waals surface area contributed by atoms with Crippen LogP contribution in [0.25, 0.3) is 0 Å². The molecular weight excluding hydrogens is 272 g/mol. The largest absolute Gasteiger partial charge is 0.465 e. The van der Waals surface area contributed by atoms with Crippen molar-refractivity contribution in [3.05, 3.63) is 35.9 Å². The minimum atomic E-state index is -1.02. The first-order chi connectivity index (χ1) is 10.1. The fourth-order valence-corrected chi connectivity index (χ4v) is 2.56. The minimum Gasteiger partial charge on any atom is -0.465 e. The van der Waals surface area contributed by atoms with Gasteiger partial charge in [0.1, 0.15) is 6.61 Å². The van der Waals surface area contributed by atoms with Crippen molar-refractivity contribution in [3.63, 3.8) is 0 Å². The lowest BCUT2D eigenvalue weighted by Crippen LogP contribution is -2.45. The van der Waals surface area contributed by atoms with E-state index in [1.807, 2.05) is 30.3 Å². The van der Waals surface area contributed by atoms with E-state index in [1.54, 1.807) is 0 Å². The smallest absolute Gasteiger partial charge is 0.407 e. The Hall–Kier alpha value is -2.24. The van der Waals surface area contributed by atoms with E-state index in [9.17, 15) is 9.59 Å². The number of amides is 2. The highest BCUT2D eigenvalue weighted by molar-refractivity contribution is 5.67. The van der Waals surface area contributed by atoms with Crippen molar-refractivity contribution in [1.29, 1.82) is 0 Å². The second-order valence-corrected chi connectivity index (χ2v) is 5.22. The fourth-order valence-electron chi connectivity index (χ4n) is 2.56. The fraction of sp³-hybridized carbons (Fsp3) is 0.467. The molecule has 1 fully saturated rings. The number of nitrogens with one attached hydrogen (secondary N) is 2. The zero-order valence-electron chi connectivity index (χ0n) is 11.7. The summed E-state index contributed by atoms with van der Waals surface area (Å²) in [6, 6.07) is 9.32. The summed E-state index contributed by atoms with van der Waals surface area (Å²) in [6.07, 6.45) is 1.66. The Kier molecular flexibility index (Phi) is 5.43. The van der Waals surface area contributed by atoms with Gasteiger partial charge >= 0.3 is 12.2 Å². The van der Waals surface area contributed by atoms with Gasteiger partial charge in [-0.2, -0.15) is 0 Å². The highest BCUT2D eigenvalue weighted by atomic mass is 16.5. The summed E-state index contributed by atoms with van der Waals surface area (Å²) in [7, 11) is 0. The van der Waals surface area contributed by atoms with Crippen molar-refractivity contribution < 1.29 is 19.4 Å². The number of carbonyl (C=O) groups excluding carboxylic acids is 1. The zero-order chi connectivity index (χ0) is 15.1. The first-order valence-corrected chi connectivity index (χ1v) is 7.10. The van der Waals surface area contributed by atoms with Gasteiger partial charge in [0.05, 0.1) is 0 Å². The van der Waals surface area contributed by atoms with Crippen LogP contribution in [-0.2, 0) is 11.3 Å². The molecule has 21 heavy (non-hydrogen) atoms. The SMILES string of the molecule is O=C(O)N[C@@H]1CCC[C@H](NC(=O)OCc2ccccc2)C1. The van der Waals surface area contributed by atoms with Gasteiger partial charge in [0.25, 0.3) is 0 Å². The van der Waals surface area contributed by atoms with Crippen molar-refractivity contribution in [1.82, 2.24) is 10.6 Å². The molecule has 1 aliphatic carbocycles. The van der Waals surface area contributed by atoms with Crippen LogP contribution in [0.2, 0.25) is 0 Å². The van der Waals surface area contributed by atoms with Crippen LogP contribution in [0.15, 0.2) is 30.3 Å². The number of carbonyl (C=O) groups is 2. The summed E-state index contributed by atoms with van der Waals surface area (Å²) in [4.78, 5) is 22.4. The molecule has 0 saturated heterocycles. The van der Waals surface area contributed by atoms with Gasteiger partial charge in [0.2, 0.25) is 0 Å². The van der Waals surface area contributed by atoms with E-state index in [2.05, 4.69) is 10.6 Å². The third-order valence-corrected chi connectivity index (χ3v) is 3.54. The molecule has 0 aliphatic heterocycles. The number of benzene rings is 1. The summed E-state index contributed by atoms with van der Waals surface area (Å²) in [6.45, 7) is 0.232. The molecule has 2 atom stereocenters. The predicted molar refractivity (Wildman–Crippen MR) is 77.0 cm³/mol. The summed E-state index contributed by atoms with van der Waals surface area (Å²) in [5.41, 5.74) is 0.932. The van der Waals surface area contributed by atoms with Crippen molar-refractivity contribution >= 4 is 12.2 Å². The lowest BCUT2D eigenvalue weighted by Gasteiger charge is -2.29. The molecule has 3 N–H and O–H groups in total. The van der Waals surface area contributed by atoms with E-state index in [0.717, 1.165) is 24.8 Å². The molecule has 1 aromatic carbocycles. The third-order valence-electron chi connectivity index (χ3n) is 3.54. The van der Waals surface area contributed by atoms with Crippen LogP contribution in [0.5, 0.6) is 0 Å². The van der Waals surface area contributed by atoms with Gasteiger partial charge in [-0.3, -0.25) is 0 Å². The van der Waals surface area contributed by atoms with Gasteiger partial charge in [-0.1, -0.05) is 30.3 Å². The Balaban J connectivity index is 1.73. The van der Waals surface area contributed by atoms with Gasteiger partial charge < -0.3 is 20.5 Å². The van der Waals surface area contributed by atoms with E-state index in [1.165, 1.54) is 0 Å². The normalized spacial score (nSPS) is 21.3. The quantitative estimate of drug-likeness (QED) is 0.795. The molecule has 6 heteroatoms. The second kappa shape index (κ2) is 7.52. The molecule has 0 unspecified atom stereocenters. The van der Waals surface area contributed by atoms with Crippen LogP contribution < -0.4 is 10.6 Å². The molecule has 1 saturated carbocycles. The van der Waals surface area contributed by atoms with Gasteiger partial charge in [-0.05, 0) is 31.2 Å². The Labute approximate surface area is 123 Å². The Morgan fingerprint density at radius 3 is 2.48 bits per heavy atom. The van der Waals surface area contributed by atoms with Gasteiger partial charge in [-0.25, -0.2) is 9.59 Å². The highest BCUT2D eigenvalue weighted by Gasteiger charge is 2.24. The van der Waals surface area contributed by atoms with Crippen LogP contribution >= 0.6 is 0 Å². The topological polar surface area (TPSA) is 87.7 Å². The number of hydrogen-bond acceptors (Lipinski definition) is 3. The lowest BCUT2D eigenvalue weighted by molar-refractivity contribution is 0.131. The summed E-state index contributed by atoms with van der Waals surface area (Å²) >= 11 is 0. The van der Waals surface area contributed by atoms with Crippen LogP contribution in [-0.4, -0.2) is 29.4 Å². The molecule has 6 nitrogen and oxygen atoms in total. The first kappa shape index (κ1) is 15.2. The first-order valence-electron chi connectivity index (χ1n) is 7.10. The second-order valence-electron chi connectivity index (χ2n) is 5.22. The van der Waals surface area contributed by atoms with Gasteiger partial charge in [0.15, 0.2) is 0 Å². The summed E-state index contributed by atoms with van der Waals surface area (Å²) in [5, 5.41) is 14.0. The standard InChI is InChI=1S/C15H20N2O4/c18-14(19)16-12-7-4-8-13(9-12)17-15(20)21-10-11-5-2-1-3-6-11/h1-3,5-6,12-13,16H,4,7-10H2,(H,17,20)(H,18,19)/t12-,13+/m1/s1. The van der Waals surface area contributed by atoms with Crippen LogP contribution in [0.1, 0.15) is 31.2 Å². The summed E-state index contributed by atoms with van der Waals surface area (Å²) < 4.78 is 5.16. The number of alkyl carbamates (subject to hydrolysis) is 1. The average Bonchev–Trinajstić information content (AvgIpc) is 2.46. The number of rotatable bonds is 4. The molecule has 0 spiro atoms. The Bertz CT molecular complexity index is 478. The van der Waals surface area contributed by atoms with Crippen LogP contribution in [0.4, 0.5) is 9.59 Å². The van der Waals surface area contributed by atoms with E-state index in [-0.39, 0.29) is 18.7 Å². The van der Waals surface area contributed by atoms with Gasteiger partial charge in [0, 0.05) is 12.1 Å². The van der Waals surface area contributed by atoms with Crippen molar-refractivity contribution in [2.75, 3.05) is 0 Å². The van der Waals surface area contributed by atoms with E-state index in [4.69, 9.17) is 9.84 Å². The van der Waals surface area contributed by atoms with E-state index < -0.39 is 12.2 Å². The molecule has 2 amide bonds. The third kappa shape index (κ3) is 5.33. The maximum absolute atomic E-state index is 11.7. The lowest BCUT2D eigenvalue weighted by atomic mass is 9.91. The predicted octanol–water partition coefficient (Wildman–Crippen LogP) is 2.49. The van der Waals surface area contributed by atoms with Crippen LogP contribution in [0, 0.1) is 0 Å². The molecule has 0 heterocycles.